The van der Waals surface area contributed by atoms with Crippen molar-refractivity contribution < 1.29 is 0 Å². The van der Waals surface area contributed by atoms with Crippen LogP contribution in [0.25, 0.3) is 0 Å². The molecule has 4 heteroatoms. The summed E-state index contributed by atoms with van der Waals surface area (Å²) in [6.45, 7) is 1.15. The number of nitrogens with zero attached hydrogens (tertiary/aromatic N) is 2. The molecule has 0 saturated heterocycles. The molecule has 0 radical (unpaired) electrons. The Balaban J connectivity index is 2.47. The highest BCUT2D eigenvalue weighted by Crippen LogP contribution is 2.16. The molecule has 0 amide bonds. The van der Waals surface area contributed by atoms with Crippen LogP contribution >= 0.6 is 0 Å². The molecule has 0 bridgehead atoms. The molecule has 0 atom stereocenters. The van der Waals surface area contributed by atoms with Crippen molar-refractivity contribution in [2.24, 2.45) is 0 Å². The smallest absolute Gasteiger partial charge is 0.269 e. The molecule has 2 heterocycles. The monoisotopic (exact) mass is 189 g/mol. The minimum Gasteiger partial charge on any atom is -0.383 e. The van der Waals surface area contributed by atoms with E-state index in [0.717, 1.165) is 30.8 Å². The maximum atomic E-state index is 11.4. The molecular weight excluding hydrogens is 178 g/mol. The van der Waals surface area contributed by atoms with Gasteiger partial charge in [0.15, 0.2) is 0 Å². The molecule has 0 spiro atoms. The van der Waals surface area contributed by atoms with Gasteiger partial charge in [-0.05, 0) is 12.8 Å². The lowest BCUT2D eigenvalue weighted by Gasteiger charge is -2.16. The number of rotatable bonds is 1. The van der Waals surface area contributed by atoms with Gasteiger partial charge in [0.25, 0.3) is 5.56 Å². The van der Waals surface area contributed by atoms with Gasteiger partial charge in [-0.15, -0.1) is 6.42 Å². The first-order valence-corrected chi connectivity index (χ1v) is 4.59. The van der Waals surface area contributed by atoms with Crippen molar-refractivity contribution in [3.05, 3.63) is 22.1 Å². The van der Waals surface area contributed by atoms with E-state index in [1.54, 1.807) is 6.07 Å². The lowest BCUT2D eigenvalue weighted by molar-refractivity contribution is 0.626. The zero-order chi connectivity index (χ0) is 9.97. The van der Waals surface area contributed by atoms with E-state index in [1.165, 1.54) is 4.68 Å². The molecule has 1 aliphatic rings. The van der Waals surface area contributed by atoms with Crippen molar-refractivity contribution in [3.8, 4) is 12.3 Å². The van der Waals surface area contributed by atoms with Crippen molar-refractivity contribution >= 4 is 5.69 Å². The summed E-state index contributed by atoms with van der Waals surface area (Å²) in [4.78, 5) is 11.4. The first kappa shape index (κ1) is 8.82. The van der Waals surface area contributed by atoms with Crippen molar-refractivity contribution in [3.63, 3.8) is 0 Å². The zero-order valence-electron chi connectivity index (χ0n) is 7.79. The Morgan fingerprint density at radius 3 is 3.36 bits per heavy atom. The molecule has 0 fully saturated rings. The molecule has 0 aromatic carbocycles. The largest absolute Gasteiger partial charge is 0.383 e. The summed E-state index contributed by atoms with van der Waals surface area (Å²) < 4.78 is 1.33. The normalized spacial score (nSPS) is 13.9. The molecule has 72 valence electrons. The number of aromatic nitrogens is 2. The van der Waals surface area contributed by atoms with E-state index in [4.69, 9.17) is 6.42 Å². The van der Waals surface area contributed by atoms with E-state index >= 15 is 0 Å². The van der Waals surface area contributed by atoms with Crippen LogP contribution in [0.5, 0.6) is 0 Å². The van der Waals surface area contributed by atoms with Gasteiger partial charge in [0.05, 0.1) is 11.4 Å². The number of nitrogens with one attached hydrogen (secondary N) is 1. The molecule has 0 saturated carbocycles. The second-order valence-corrected chi connectivity index (χ2v) is 3.24. The van der Waals surface area contributed by atoms with Crippen LogP contribution < -0.4 is 10.9 Å². The fourth-order valence-electron chi connectivity index (χ4n) is 1.55. The summed E-state index contributed by atoms with van der Waals surface area (Å²) in [7, 11) is 0. The highest BCUT2D eigenvalue weighted by Gasteiger charge is 2.11. The van der Waals surface area contributed by atoms with Crippen molar-refractivity contribution in [1.82, 2.24) is 9.78 Å². The average Bonchev–Trinajstić information content (AvgIpc) is 2.19. The molecule has 4 nitrogen and oxygen atoms in total. The standard InChI is InChI=1S/C10H11N3O/c1-2-6-13-10(14)7-9-8(12-13)4-3-5-11-9/h1,7,11H,3-6H2. The van der Waals surface area contributed by atoms with Gasteiger partial charge in [0.1, 0.15) is 6.54 Å². The van der Waals surface area contributed by atoms with Crippen LogP contribution in [0.2, 0.25) is 0 Å². The molecule has 1 aliphatic heterocycles. The Labute approximate surface area is 81.9 Å². The number of terminal acetylenes is 1. The summed E-state index contributed by atoms with van der Waals surface area (Å²) in [5.41, 5.74) is 1.65. The SMILES string of the molecule is C#CCn1nc2c(cc1=O)NCCC2. The van der Waals surface area contributed by atoms with Crippen LogP contribution in [0.15, 0.2) is 10.9 Å². The summed E-state index contributed by atoms with van der Waals surface area (Å²) >= 11 is 0. The Morgan fingerprint density at radius 1 is 1.71 bits per heavy atom. The summed E-state index contributed by atoms with van der Waals surface area (Å²) in [6, 6.07) is 1.57. The van der Waals surface area contributed by atoms with Crippen LogP contribution in [0.1, 0.15) is 12.1 Å². The molecule has 1 aromatic heterocycles. The van der Waals surface area contributed by atoms with Crippen LogP contribution in [0, 0.1) is 12.3 Å². The molecular formula is C10H11N3O. The number of fused-ring (bicyclic) bond motifs is 1. The van der Waals surface area contributed by atoms with Crippen molar-refractivity contribution in [1.29, 1.82) is 0 Å². The fourth-order valence-corrected chi connectivity index (χ4v) is 1.55. The molecule has 0 unspecified atom stereocenters. The first-order valence-electron chi connectivity index (χ1n) is 4.59. The van der Waals surface area contributed by atoms with Crippen molar-refractivity contribution in [2.45, 2.75) is 19.4 Å². The minimum atomic E-state index is -0.142. The van der Waals surface area contributed by atoms with Crippen LogP contribution in [0.3, 0.4) is 0 Å². The summed E-state index contributed by atoms with van der Waals surface area (Å²) in [6.07, 6.45) is 7.10. The summed E-state index contributed by atoms with van der Waals surface area (Å²) in [5.74, 6) is 2.41. The molecule has 2 rings (SSSR count). The van der Waals surface area contributed by atoms with Gasteiger partial charge >= 0.3 is 0 Å². The number of hydrogen-bond donors (Lipinski definition) is 1. The fraction of sp³-hybridized carbons (Fsp3) is 0.400. The van der Waals surface area contributed by atoms with E-state index in [2.05, 4.69) is 16.3 Å². The van der Waals surface area contributed by atoms with Gasteiger partial charge in [0, 0.05) is 12.6 Å². The zero-order valence-corrected chi connectivity index (χ0v) is 7.79. The Kier molecular flexibility index (Phi) is 2.23. The van der Waals surface area contributed by atoms with Gasteiger partial charge in [-0.2, -0.15) is 5.10 Å². The van der Waals surface area contributed by atoms with Gasteiger partial charge in [-0.25, -0.2) is 4.68 Å². The van der Waals surface area contributed by atoms with Crippen LogP contribution in [-0.4, -0.2) is 16.3 Å². The van der Waals surface area contributed by atoms with Gasteiger partial charge in [-0.1, -0.05) is 5.92 Å². The topological polar surface area (TPSA) is 46.9 Å². The highest BCUT2D eigenvalue weighted by molar-refractivity contribution is 5.48. The number of hydrogen-bond acceptors (Lipinski definition) is 3. The number of aryl methyl sites for hydroxylation is 1. The third-order valence-corrected chi connectivity index (χ3v) is 2.22. The second-order valence-electron chi connectivity index (χ2n) is 3.24. The Hall–Kier alpha value is -1.76. The van der Waals surface area contributed by atoms with E-state index in [0.29, 0.717) is 0 Å². The third kappa shape index (κ3) is 1.49. The summed E-state index contributed by atoms with van der Waals surface area (Å²) in [5, 5.41) is 7.35. The predicted molar refractivity (Wildman–Crippen MR) is 54.1 cm³/mol. The van der Waals surface area contributed by atoms with E-state index in [1.807, 2.05) is 0 Å². The van der Waals surface area contributed by atoms with Crippen LogP contribution in [-0.2, 0) is 13.0 Å². The maximum Gasteiger partial charge on any atom is 0.269 e. The Morgan fingerprint density at radius 2 is 2.57 bits per heavy atom. The molecule has 1 N–H and O–H groups in total. The van der Waals surface area contributed by atoms with Gasteiger partial charge in [0.2, 0.25) is 0 Å². The van der Waals surface area contributed by atoms with Crippen molar-refractivity contribution in [2.75, 3.05) is 11.9 Å². The van der Waals surface area contributed by atoms with Gasteiger partial charge < -0.3 is 5.32 Å². The Bertz CT molecular complexity index is 442. The molecule has 1 aromatic rings. The molecule has 14 heavy (non-hydrogen) atoms. The lowest BCUT2D eigenvalue weighted by atomic mass is 10.1. The second kappa shape index (κ2) is 3.54. The van der Waals surface area contributed by atoms with Crippen LogP contribution in [0.4, 0.5) is 5.69 Å². The molecule has 0 aliphatic carbocycles. The van der Waals surface area contributed by atoms with E-state index < -0.39 is 0 Å². The maximum absolute atomic E-state index is 11.4. The van der Waals surface area contributed by atoms with Gasteiger partial charge in [-0.3, -0.25) is 4.79 Å². The van der Waals surface area contributed by atoms with E-state index in [9.17, 15) is 4.79 Å². The first-order chi connectivity index (χ1) is 6.81. The lowest BCUT2D eigenvalue weighted by Crippen LogP contribution is -2.26. The quantitative estimate of drug-likeness (QED) is 0.643. The third-order valence-electron chi connectivity index (χ3n) is 2.22. The average molecular weight is 189 g/mol. The minimum absolute atomic E-state index is 0.142. The predicted octanol–water partition coefficient (Wildman–Crippen LogP) is 0.235. The number of anilines is 1. The van der Waals surface area contributed by atoms with E-state index in [-0.39, 0.29) is 12.1 Å². The highest BCUT2D eigenvalue weighted by atomic mass is 16.1.